The van der Waals surface area contributed by atoms with Crippen LogP contribution >= 0.6 is 0 Å². The van der Waals surface area contributed by atoms with Crippen LogP contribution < -0.4 is 5.32 Å². The van der Waals surface area contributed by atoms with Gasteiger partial charge in [-0.1, -0.05) is 0 Å². The van der Waals surface area contributed by atoms with Crippen molar-refractivity contribution in [2.75, 3.05) is 12.4 Å². The first kappa shape index (κ1) is 8.68. The highest BCUT2D eigenvalue weighted by Gasteiger charge is 2.03. The van der Waals surface area contributed by atoms with Gasteiger partial charge in [0.15, 0.2) is 0 Å². The summed E-state index contributed by atoms with van der Waals surface area (Å²) in [7, 11) is 1.77. The Bertz CT molecular complexity index is 438. The average molecular weight is 192 g/mol. The van der Waals surface area contributed by atoms with Crippen LogP contribution in [0.4, 0.5) is 10.2 Å². The molecule has 14 heavy (non-hydrogen) atoms. The van der Waals surface area contributed by atoms with E-state index in [1.807, 2.05) is 0 Å². The Morgan fingerprint density at radius 1 is 1.36 bits per heavy atom. The fourth-order valence-corrected chi connectivity index (χ4v) is 1.16. The number of hydrogen-bond donors (Lipinski definition) is 2. The first-order valence-electron chi connectivity index (χ1n) is 4.13. The maximum absolute atomic E-state index is 12.8. The van der Waals surface area contributed by atoms with Crippen LogP contribution in [0.15, 0.2) is 24.5 Å². The lowest BCUT2D eigenvalue weighted by Gasteiger charge is -1.94. The fraction of sp³-hybridized carbons (Fsp3) is 0.111. The molecule has 2 aromatic heterocycles. The number of rotatable bonds is 2. The number of aromatic nitrogens is 3. The molecule has 2 rings (SSSR count). The lowest BCUT2D eigenvalue weighted by Crippen LogP contribution is -1.85. The third-order valence-corrected chi connectivity index (χ3v) is 1.85. The molecule has 2 N–H and O–H groups in total. The van der Waals surface area contributed by atoms with Gasteiger partial charge in [0.25, 0.3) is 0 Å². The van der Waals surface area contributed by atoms with Gasteiger partial charge >= 0.3 is 0 Å². The number of H-pyrrole nitrogens is 1. The van der Waals surface area contributed by atoms with Crippen molar-refractivity contribution in [3.8, 4) is 11.3 Å². The summed E-state index contributed by atoms with van der Waals surface area (Å²) in [4.78, 5) is 3.75. The van der Waals surface area contributed by atoms with E-state index in [1.54, 1.807) is 19.3 Å². The predicted molar refractivity (Wildman–Crippen MR) is 51.3 cm³/mol. The highest BCUT2D eigenvalue weighted by atomic mass is 19.1. The van der Waals surface area contributed by atoms with E-state index in [-0.39, 0.29) is 5.82 Å². The van der Waals surface area contributed by atoms with Crippen LogP contribution in [0.1, 0.15) is 0 Å². The van der Waals surface area contributed by atoms with Crippen molar-refractivity contribution in [2.45, 2.75) is 0 Å². The number of pyridine rings is 1. The number of halogens is 1. The van der Waals surface area contributed by atoms with Gasteiger partial charge < -0.3 is 5.32 Å². The first-order valence-corrected chi connectivity index (χ1v) is 4.13. The van der Waals surface area contributed by atoms with E-state index < -0.39 is 0 Å². The van der Waals surface area contributed by atoms with E-state index >= 15 is 0 Å². The standard InChI is InChI=1S/C9H9FN4/c1-11-9-3-8(13-14-9)6-2-7(10)5-12-4-6/h2-5H,1H3,(H2,11,13,14). The van der Waals surface area contributed by atoms with Crippen LogP contribution in [0.25, 0.3) is 11.3 Å². The van der Waals surface area contributed by atoms with Crippen LogP contribution in [0, 0.1) is 5.82 Å². The van der Waals surface area contributed by atoms with Crippen LogP contribution in [-0.4, -0.2) is 22.2 Å². The summed E-state index contributed by atoms with van der Waals surface area (Å²) >= 11 is 0. The summed E-state index contributed by atoms with van der Waals surface area (Å²) in [6.07, 6.45) is 2.74. The topological polar surface area (TPSA) is 53.6 Å². The molecule has 0 atom stereocenters. The Labute approximate surface area is 80.2 Å². The van der Waals surface area contributed by atoms with Gasteiger partial charge in [0, 0.05) is 24.9 Å². The molecule has 0 fully saturated rings. The van der Waals surface area contributed by atoms with Crippen LogP contribution in [0.5, 0.6) is 0 Å². The summed E-state index contributed by atoms with van der Waals surface area (Å²) in [5.41, 5.74) is 1.42. The molecular weight excluding hydrogens is 183 g/mol. The molecule has 0 aliphatic rings. The van der Waals surface area contributed by atoms with Crippen LogP contribution in [-0.2, 0) is 0 Å². The van der Waals surface area contributed by atoms with Gasteiger partial charge in [0.05, 0.1) is 11.9 Å². The number of nitrogens with one attached hydrogen (secondary N) is 2. The minimum atomic E-state index is -0.358. The molecular formula is C9H9FN4. The third-order valence-electron chi connectivity index (χ3n) is 1.85. The number of aromatic amines is 1. The summed E-state index contributed by atoms with van der Waals surface area (Å²) in [6.45, 7) is 0. The van der Waals surface area contributed by atoms with Gasteiger partial charge in [0.2, 0.25) is 0 Å². The van der Waals surface area contributed by atoms with E-state index in [4.69, 9.17) is 0 Å². The molecule has 0 unspecified atom stereocenters. The number of hydrogen-bond acceptors (Lipinski definition) is 3. The van der Waals surface area contributed by atoms with E-state index in [0.29, 0.717) is 11.4 Å². The zero-order chi connectivity index (χ0) is 9.97. The molecule has 0 saturated heterocycles. The molecule has 2 aromatic rings. The van der Waals surface area contributed by atoms with Crippen LogP contribution in [0.3, 0.4) is 0 Å². The highest BCUT2D eigenvalue weighted by molar-refractivity contribution is 5.61. The maximum Gasteiger partial charge on any atom is 0.148 e. The van der Waals surface area contributed by atoms with Gasteiger partial charge in [-0.2, -0.15) is 5.10 Å². The van der Waals surface area contributed by atoms with Crippen molar-refractivity contribution in [2.24, 2.45) is 0 Å². The third kappa shape index (κ3) is 1.56. The minimum Gasteiger partial charge on any atom is -0.372 e. The molecule has 5 heteroatoms. The molecule has 0 bridgehead atoms. The Morgan fingerprint density at radius 3 is 2.86 bits per heavy atom. The summed E-state index contributed by atoms with van der Waals surface area (Å²) < 4.78 is 12.8. The Kier molecular flexibility index (Phi) is 2.14. The average Bonchev–Trinajstić information content (AvgIpc) is 2.66. The van der Waals surface area contributed by atoms with E-state index in [1.165, 1.54) is 12.3 Å². The van der Waals surface area contributed by atoms with Crippen molar-refractivity contribution in [3.63, 3.8) is 0 Å². The summed E-state index contributed by atoms with van der Waals surface area (Å²) in [5, 5.41) is 9.61. The minimum absolute atomic E-state index is 0.358. The first-order chi connectivity index (χ1) is 6.79. The maximum atomic E-state index is 12.8. The second-order valence-electron chi connectivity index (χ2n) is 2.81. The molecule has 0 saturated carbocycles. The smallest absolute Gasteiger partial charge is 0.148 e. The quantitative estimate of drug-likeness (QED) is 0.760. The van der Waals surface area contributed by atoms with Gasteiger partial charge in [-0.25, -0.2) is 4.39 Å². The van der Waals surface area contributed by atoms with E-state index in [9.17, 15) is 4.39 Å². The molecule has 72 valence electrons. The normalized spacial score (nSPS) is 10.1. The summed E-state index contributed by atoms with van der Waals surface area (Å²) in [6, 6.07) is 3.19. The zero-order valence-electron chi connectivity index (χ0n) is 7.58. The lowest BCUT2D eigenvalue weighted by atomic mass is 10.2. The fourth-order valence-electron chi connectivity index (χ4n) is 1.16. The SMILES string of the molecule is CNc1cc(-c2cncc(F)c2)[nH]n1. The van der Waals surface area contributed by atoms with E-state index in [0.717, 1.165) is 5.69 Å². The molecule has 0 aliphatic heterocycles. The van der Waals surface area contributed by atoms with Crippen molar-refractivity contribution >= 4 is 5.82 Å². The zero-order valence-corrected chi connectivity index (χ0v) is 7.58. The molecule has 0 aromatic carbocycles. The van der Waals surface area contributed by atoms with Crippen molar-refractivity contribution in [3.05, 3.63) is 30.3 Å². The van der Waals surface area contributed by atoms with Crippen molar-refractivity contribution in [1.29, 1.82) is 0 Å². The van der Waals surface area contributed by atoms with Gasteiger partial charge in [-0.3, -0.25) is 10.1 Å². The second-order valence-corrected chi connectivity index (χ2v) is 2.81. The van der Waals surface area contributed by atoms with Crippen molar-refractivity contribution in [1.82, 2.24) is 15.2 Å². The Hall–Kier alpha value is -1.91. The number of anilines is 1. The molecule has 0 spiro atoms. The summed E-state index contributed by atoms with van der Waals surface area (Å²) in [5.74, 6) is 0.354. The van der Waals surface area contributed by atoms with E-state index in [2.05, 4.69) is 20.5 Å². The van der Waals surface area contributed by atoms with Gasteiger partial charge in [-0.15, -0.1) is 0 Å². The Balaban J connectivity index is 2.39. The molecule has 2 heterocycles. The van der Waals surface area contributed by atoms with Gasteiger partial charge in [0.1, 0.15) is 11.6 Å². The predicted octanol–water partition coefficient (Wildman–Crippen LogP) is 1.65. The number of nitrogens with zero attached hydrogens (tertiary/aromatic N) is 2. The van der Waals surface area contributed by atoms with Crippen LogP contribution in [0.2, 0.25) is 0 Å². The van der Waals surface area contributed by atoms with Gasteiger partial charge in [-0.05, 0) is 6.07 Å². The molecule has 0 aliphatic carbocycles. The molecule has 0 radical (unpaired) electrons. The lowest BCUT2D eigenvalue weighted by molar-refractivity contribution is 0.622. The molecule has 0 amide bonds. The second kappa shape index (κ2) is 3.45. The Morgan fingerprint density at radius 2 is 2.21 bits per heavy atom. The highest BCUT2D eigenvalue weighted by Crippen LogP contribution is 2.18. The monoisotopic (exact) mass is 192 g/mol. The largest absolute Gasteiger partial charge is 0.372 e. The van der Waals surface area contributed by atoms with Crippen molar-refractivity contribution < 1.29 is 4.39 Å². The molecule has 4 nitrogen and oxygen atoms in total.